The molecule has 0 saturated heterocycles. The predicted octanol–water partition coefficient (Wildman–Crippen LogP) is 2.85. The van der Waals surface area contributed by atoms with Crippen LogP contribution in [0, 0.1) is 17.8 Å². The Morgan fingerprint density at radius 1 is 1.47 bits per heavy atom. The van der Waals surface area contributed by atoms with Crippen molar-refractivity contribution in [1.82, 2.24) is 0 Å². The Hall–Kier alpha value is -0.0800. The molecule has 1 fully saturated rings. The van der Waals surface area contributed by atoms with Gasteiger partial charge in [-0.3, -0.25) is 0 Å². The van der Waals surface area contributed by atoms with Gasteiger partial charge in [0, 0.05) is 13.7 Å². The first-order valence-corrected chi connectivity index (χ1v) is 6.23. The molecule has 4 atom stereocenters. The lowest BCUT2D eigenvalue weighted by molar-refractivity contribution is -0.107. The molecule has 1 rings (SSSR count). The predicted molar refractivity (Wildman–Crippen MR) is 62.8 cm³/mol. The maximum absolute atomic E-state index is 10.7. The van der Waals surface area contributed by atoms with Gasteiger partial charge in [-0.05, 0) is 30.6 Å². The number of methoxy groups -OCH3 is 1. The molecule has 0 radical (unpaired) electrons. The van der Waals surface area contributed by atoms with Crippen LogP contribution in [0.25, 0.3) is 0 Å². The van der Waals surface area contributed by atoms with Crippen LogP contribution in [-0.2, 0) is 4.74 Å². The molecule has 0 bridgehead atoms. The summed E-state index contributed by atoms with van der Waals surface area (Å²) in [6.45, 7) is 7.38. The molecule has 0 aromatic carbocycles. The summed E-state index contributed by atoms with van der Waals surface area (Å²) in [6.07, 6.45) is 4.35. The SMILES string of the molecule is COCCC(C)C1(O)CCCC(C)C1C. The van der Waals surface area contributed by atoms with Gasteiger partial charge in [0.15, 0.2) is 0 Å². The van der Waals surface area contributed by atoms with E-state index in [1.54, 1.807) is 7.11 Å². The summed E-state index contributed by atoms with van der Waals surface area (Å²) in [5.74, 6) is 1.40. The molecule has 1 saturated carbocycles. The Bertz CT molecular complexity index is 193. The minimum absolute atomic E-state index is 0.343. The van der Waals surface area contributed by atoms with Gasteiger partial charge in [0.1, 0.15) is 0 Å². The first-order valence-electron chi connectivity index (χ1n) is 6.23. The van der Waals surface area contributed by atoms with Crippen LogP contribution in [0.5, 0.6) is 0 Å². The summed E-state index contributed by atoms with van der Waals surface area (Å²) >= 11 is 0. The van der Waals surface area contributed by atoms with E-state index >= 15 is 0 Å². The molecule has 0 amide bonds. The summed E-state index contributed by atoms with van der Waals surface area (Å²) in [6, 6.07) is 0. The van der Waals surface area contributed by atoms with Crippen molar-refractivity contribution in [3.8, 4) is 0 Å². The zero-order valence-corrected chi connectivity index (χ0v) is 10.6. The Morgan fingerprint density at radius 3 is 2.73 bits per heavy atom. The molecule has 0 heterocycles. The van der Waals surface area contributed by atoms with Gasteiger partial charge in [-0.2, -0.15) is 0 Å². The molecule has 0 aromatic heterocycles. The lowest BCUT2D eigenvalue weighted by Gasteiger charge is -2.46. The monoisotopic (exact) mass is 214 g/mol. The molecule has 15 heavy (non-hydrogen) atoms. The summed E-state index contributed by atoms with van der Waals surface area (Å²) in [7, 11) is 1.73. The highest BCUT2D eigenvalue weighted by molar-refractivity contribution is 4.94. The third-order valence-corrected chi connectivity index (χ3v) is 4.49. The van der Waals surface area contributed by atoms with Crippen molar-refractivity contribution >= 4 is 0 Å². The normalized spacial score (nSPS) is 39.0. The van der Waals surface area contributed by atoms with E-state index in [0.717, 1.165) is 19.4 Å². The standard InChI is InChI=1S/C13H26O2/c1-10-6-5-8-13(14,12(10)3)11(2)7-9-15-4/h10-12,14H,5-9H2,1-4H3. The Balaban J connectivity index is 2.61. The first-order chi connectivity index (χ1) is 7.02. The van der Waals surface area contributed by atoms with E-state index in [4.69, 9.17) is 4.74 Å². The second kappa shape index (κ2) is 5.31. The van der Waals surface area contributed by atoms with Gasteiger partial charge >= 0.3 is 0 Å². The minimum atomic E-state index is -0.462. The zero-order chi connectivity index (χ0) is 11.5. The fourth-order valence-electron chi connectivity index (χ4n) is 2.92. The maximum Gasteiger partial charge on any atom is 0.0701 e. The van der Waals surface area contributed by atoms with Crippen LogP contribution in [0.2, 0.25) is 0 Å². The van der Waals surface area contributed by atoms with Crippen molar-refractivity contribution in [1.29, 1.82) is 0 Å². The summed E-state index contributed by atoms with van der Waals surface area (Å²) in [5, 5.41) is 10.7. The molecule has 90 valence electrons. The zero-order valence-electron chi connectivity index (χ0n) is 10.6. The van der Waals surface area contributed by atoms with Crippen molar-refractivity contribution in [3.63, 3.8) is 0 Å². The fraction of sp³-hybridized carbons (Fsp3) is 1.00. The average Bonchev–Trinajstić information content (AvgIpc) is 2.22. The van der Waals surface area contributed by atoms with Crippen molar-refractivity contribution in [3.05, 3.63) is 0 Å². The van der Waals surface area contributed by atoms with E-state index in [-0.39, 0.29) is 0 Å². The van der Waals surface area contributed by atoms with Gasteiger partial charge < -0.3 is 9.84 Å². The topological polar surface area (TPSA) is 29.5 Å². The molecule has 1 N–H and O–H groups in total. The van der Waals surface area contributed by atoms with Gasteiger partial charge in [-0.25, -0.2) is 0 Å². The molecule has 2 heteroatoms. The smallest absolute Gasteiger partial charge is 0.0701 e. The summed E-state index contributed by atoms with van der Waals surface area (Å²) in [4.78, 5) is 0. The van der Waals surface area contributed by atoms with Crippen LogP contribution in [0.1, 0.15) is 46.5 Å². The highest BCUT2D eigenvalue weighted by Gasteiger charge is 2.43. The molecule has 0 aliphatic heterocycles. The van der Waals surface area contributed by atoms with Crippen LogP contribution in [0.15, 0.2) is 0 Å². The third kappa shape index (κ3) is 2.73. The largest absolute Gasteiger partial charge is 0.389 e. The van der Waals surface area contributed by atoms with Gasteiger partial charge in [0.25, 0.3) is 0 Å². The highest BCUT2D eigenvalue weighted by Crippen LogP contribution is 2.43. The molecule has 4 unspecified atom stereocenters. The number of rotatable bonds is 4. The Morgan fingerprint density at radius 2 is 2.13 bits per heavy atom. The van der Waals surface area contributed by atoms with E-state index in [1.807, 2.05) is 0 Å². The van der Waals surface area contributed by atoms with Gasteiger partial charge in [0.2, 0.25) is 0 Å². The van der Waals surface area contributed by atoms with E-state index in [0.29, 0.717) is 17.8 Å². The lowest BCUT2D eigenvalue weighted by Crippen LogP contribution is -2.48. The first kappa shape index (κ1) is 13.0. The van der Waals surface area contributed by atoms with E-state index in [1.165, 1.54) is 12.8 Å². The van der Waals surface area contributed by atoms with Crippen LogP contribution < -0.4 is 0 Å². The van der Waals surface area contributed by atoms with Crippen LogP contribution in [0.3, 0.4) is 0 Å². The molecule has 2 nitrogen and oxygen atoms in total. The number of hydrogen-bond acceptors (Lipinski definition) is 2. The van der Waals surface area contributed by atoms with E-state index in [9.17, 15) is 5.11 Å². The number of hydrogen-bond donors (Lipinski definition) is 1. The Labute approximate surface area is 94.0 Å². The molecule has 1 aliphatic carbocycles. The number of aliphatic hydroxyl groups is 1. The molecule has 0 aromatic rings. The van der Waals surface area contributed by atoms with E-state index in [2.05, 4.69) is 20.8 Å². The van der Waals surface area contributed by atoms with Crippen LogP contribution in [-0.4, -0.2) is 24.4 Å². The van der Waals surface area contributed by atoms with Crippen molar-refractivity contribution < 1.29 is 9.84 Å². The molecular formula is C13H26O2. The summed E-state index contributed by atoms with van der Waals surface area (Å²) < 4.78 is 5.10. The molecule has 0 spiro atoms. The highest BCUT2D eigenvalue weighted by atomic mass is 16.5. The molecule has 1 aliphatic rings. The maximum atomic E-state index is 10.7. The second-order valence-electron chi connectivity index (χ2n) is 5.33. The minimum Gasteiger partial charge on any atom is -0.389 e. The van der Waals surface area contributed by atoms with Crippen LogP contribution >= 0.6 is 0 Å². The second-order valence-corrected chi connectivity index (χ2v) is 5.33. The van der Waals surface area contributed by atoms with Gasteiger partial charge in [0.05, 0.1) is 5.60 Å². The Kier molecular flexibility index (Phi) is 4.60. The van der Waals surface area contributed by atoms with Gasteiger partial charge in [-0.1, -0.05) is 33.6 Å². The average molecular weight is 214 g/mol. The fourth-order valence-corrected chi connectivity index (χ4v) is 2.92. The quantitative estimate of drug-likeness (QED) is 0.779. The van der Waals surface area contributed by atoms with Crippen molar-refractivity contribution in [2.75, 3.05) is 13.7 Å². The van der Waals surface area contributed by atoms with Gasteiger partial charge in [-0.15, -0.1) is 0 Å². The molecular weight excluding hydrogens is 188 g/mol. The van der Waals surface area contributed by atoms with E-state index < -0.39 is 5.60 Å². The summed E-state index contributed by atoms with van der Waals surface area (Å²) in [5.41, 5.74) is -0.462. The van der Waals surface area contributed by atoms with Crippen molar-refractivity contribution in [2.24, 2.45) is 17.8 Å². The van der Waals surface area contributed by atoms with Crippen LogP contribution in [0.4, 0.5) is 0 Å². The third-order valence-electron chi connectivity index (χ3n) is 4.49. The van der Waals surface area contributed by atoms with Crippen molar-refractivity contribution in [2.45, 2.75) is 52.1 Å². The number of ether oxygens (including phenoxy) is 1. The lowest BCUT2D eigenvalue weighted by atomic mass is 9.65.